The fourth-order valence-corrected chi connectivity index (χ4v) is 2.65. The zero-order chi connectivity index (χ0) is 22.3. The third-order valence-corrected chi connectivity index (χ3v) is 4.10. The molecule has 1 atom stereocenters. The van der Waals surface area contributed by atoms with E-state index in [-0.39, 0.29) is 25.0 Å². The van der Waals surface area contributed by atoms with E-state index < -0.39 is 41.5 Å². The number of halogens is 5. The molecule has 0 bridgehead atoms. The minimum Gasteiger partial charge on any atom is -0.467 e. The fourth-order valence-electron chi connectivity index (χ4n) is 2.65. The predicted octanol–water partition coefficient (Wildman–Crippen LogP) is 4.38. The van der Waals surface area contributed by atoms with Crippen LogP contribution in [0.2, 0.25) is 0 Å². The van der Waals surface area contributed by atoms with Crippen LogP contribution in [0.5, 0.6) is 0 Å². The van der Waals surface area contributed by atoms with Gasteiger partial charge in [0.15, 0.2) is 0 Å². The summed E-state index contributed by atoms with van der Waals surface area (Å²) in [5, 5.41) is 2.27. The molecule has 10 heteroatoms. The lowest BCUT2D eigenvalue weighted by Gasteiger charge is -2.17. The highest BCUT2D eigenvalue weighted by Gasteiger charge is 2.38. The van der Waals surface area contributed by atoms with E-state index in [0.29, 0.717) is 17.7 Å². The molecule has 1 N–H and O–H groups in total. The van der Waals surface area contributed by atoms with Crippen LogP contribution in [0, 0.1) is 11.6 Å². The zero-order valence-electron chi connectivity index (χ0n) is 15.8. The first-order chi connectivity index (χ1) is 14.1. The normalized spacial score (nSPS) is 12.2. The highest BCUT2D eigenvalue weighted by molar-refractivity contribution is 5.81. The number of amides is 1. The number of ether oxygens (including phenoxy) is 2. The van der Waals surface area contributed by atoms with E-state index >= 15 is 0 Å². The number of nitrogens with one attached hydrogen (secondary N) is 1. The number of carbonyl (C=O) groups is 2. The molecule has 0 aliphatic rings. The molecule has 2 aromatic rings. The van der Waals surface area contributed by atoms with Gasteiger partial charge < -0.3 is 14.8 Å². The van der Waals surface area contributed by atoms with E-state index in [1.807, 2.05) is 0 Å². The molecule has 0 aliphatic heterocycles. The van der Waals surface area contributed by atoms with Crippen LogP contribution in [0.4, 0.5) is 26.7 Å². The van der Waals surface area contributed by atoms with Gasteiger partial charge in [0.25, 0.3) is 0 Å². The number of aryl methyl sites for hydroxylation is 1. The molecule has 0 heterocycles. The minimum absolute atomic E-state index is 0.0596. The number of alkyl carbamates (subject to hydrolysis) is 1. The summed E-state index contributed by atoms with van der Waals surface area (Å²) in [5.41, 5.74) is -1.40. The van der Waals surface area contributed by atoms with E-state index in [9.17, 15) is 31.5 Å². The van der Waals surface area contributed by atoms with Crippen LogP contribution in [0.1, 0.15) is 23.1 Å². The van der Waals surface area contributed by atoms with Gasteiger partial charge in [-0.25, -0.2) is 18.4 Å². The average Bonchev–Trinajstić information content (AvgIpc) is 2.68. The van der Waals surface area contributed by atoms with Crippen LogP contribution >= 0.6 is 0 Å². The van der Waals surface area contributed by atoms with Gasteiger partial charge in [-0.3, -0.25) is 0 Å². The molecule has 1 unspecified atom stereocenters. The van der Waals surface area contributed by atoms with Gasteiger partial charge in [0, 0.05) is 0 Å². The van der Waals surface area contributed by atoms with Crippen molar-refractivity contribution in [3.63, 3.8) is 0 Å². The van der Waals surface area contributed by atoms with Crippen molar-refractivity contribution in [2.75, 3.05) is 7.11 Å². The molecule has 2 rings (SSSR count). The van der Waals surface area contributed by atoms with Crippen LogP contribution in [-0.4, -0.2) is 25.2 Å². The first kappa shape index (κ1) is 23.1. The summed E-state index contributed by atoms with van der Waals surface area (Å²) in [4.78, 5) is 23.8. The van der Waals surface area contributed by atoms with Gasteiger partial charge in [-0.1, -0.05) is 30.3 Å². The molecular formula is C20H18F5NO4. The van der Waals surface area contributed by atoms with Gasteiger partial charge >= 0.3 is 18.2 Å². The summed E-state index contributed by atoms with van der Waals surface area (Å²) in [6.45, 7) is -0.0596. The number of carbonyl (C=O) groups excluding carboxylic acids is 2. The Morgan fingerprint density at radius 2 is 1.63 bits per heavy atom. The summed E-state index contributed by atoms with van der Waals surface area (Å²) in [6.07, 6.45) is -6.49. The third-order valence-electron chi connectivity index (χ3n) is 4.10. The number of alkyl halides is 3. The second kappa shape index (κ2) is 10.0. The van der Waals surface area contributed by atoms with E-state index in [4.69, 9.17) is 4.74 Å². The molecular weight excluding hydrogens is 413 g/mol. The predicted molar refractivity (Wildman–Crippen MR) is 95.2 cm³/mol. The van der Waals surface area contributed by atoms with Crippen molar-refractivity contribution < 1.29 is 41.0 Å². The van der Waals surface area contributed by atoms with Crippen LogP contribution in [0.25, 0.3) is 0 Å². The maximum atomic E-state index is 13.7. The number of esters is 1. The monoisotopic (exact) mass is 431 g/mol. The summed E-state index contributed by atoms with van der Waals surface area (Å²) >= 11 is 0. The molecule has 162 valence electrons. The SMILES string of the molecule is COC(=O)C(CCc1cc(F)c(C(F)(F)F)c(F)c1)NC(=O)OCc1ccccc1. The van der Waals surface area contributed by atoms with Crippen molar-refractivity contribution in [3.8, 4) is 0 Å². The number of rotatable bonds is 7. The van der Waals surface area contributed by atoms with Crippen molar-refractivity contribution in [3.05, 3.63) is 70.8 Å². The topological polar surface area (TPSA) is 64.6 Å². The van der Waals surface area contributed by atoms with E-state index in [1.165, 1.54) is 0 Å². The second-order valence-corrected chi connectivity index (χ2v) is 6.25. The van der Waals surface area contributed by atoms with Crippen molar-refractivity contribution in [2.45, 2.75) is 31.7 Å². The Morgan fingerprint density at radius 1 is 1.03 bits per heavy atom. The highest BCUT2D eigenvalue weighted by Crippen LogP contribution is 2.34. The quantitative estimate of drug-likeness (QED) is 0.522. The summed E-state index contributed by atoms with van der Waals surface area (Å²) < 4.78 is 74.9. The van der Waals surface area contributed by atoms with E-state index in [0.717, 1.165) is 7.11 Å². The molecule has 30 heavy (non-hydrogen) atoms. The lowest BCUT2D eigenvalue weighted by atomic mass is 10.0. The molecule has 0 radical (unpaired) electrons. The Hall–Kier alpha value is -3.17. The van der Waals surface area contributed by atoms with Crippen LogP contribution in [-0.2, 0) is 33.5 Å². The number of hydrogen-bond donors (Lipinski definition) is 1. The number of benzene rings is 2. The van der Waals surface area contributed by atoms with Gasteiger partial charge in [-0.2, -0.15) is 13.2 Å². The standard InChI is InChI=1S/C20H18F5NO4/c1-29-18(27)16(26-19(28)30-11-12-5-3-2-4-6-12)8-7-13-9-14(21)17(15(22)10-13)20(23,24)25/h2-6,9-10,16H,7-8,11H2,1H3,(H,26,28). The molecule has 1 amide bonds. The van der Waals surface area contributed by atoms with Crippen LogP contribution in [0.3, 0.4) is 0 Å². The zero-order valence-corrected chi connectivity index (χ0v) is 15.8. The Morgan fingerprint density at radius 3 is 2.17 bits per heavy atom. The molecule has 5 nitrogen and oxygen atoms in total. The maximum absolute atomic E-state index is 13.7. The van der Waals surface area contributed by atoms with E-state index in [1.54, 1.807) is 30.3 Å². The van der Waals surface area contributed by atoms with Crippen molar-refractivity contribution in [1.29, 1.82) is 0 Å². The molecule has 0 saturated carbocycles. The maximum Gasteiger partial charge on any atom is 0.422 e. The minimum atomic E-state index is -5.18. The van der Waals surface area contributed by atoms with Gasteiger partial charge in [0.2, 0.25) is 0 Å². The molecule has 0 spiro atoms. The number of hydrogen-bond acceptors (Lipinski definition) is 4. The first-order valence-electron chi connectivity index (χ1n) is 8.72. The molecule has 0 saturated heterocycles. The van der Waals surface area contributed by atoms with Gasteiger partial charge in [0.05, 0.1) is 7.11 Å². The third kappa shape index (κ3) is 6.43. The lowest BCUT2D eigenvalue weighted by Crippen LogP contribution is -2.42. The van der Waals surface area contributed by atoms with Gasteiger partial charge in [-0.05, 0) is 36.1 Å². The van der Waals surface area contributed by atoms with Crippen LogP contribution in [0.15, 0.2) is 42.5 Å². The Kier molecular flexibility index (Phi) is 7.73. The lowest BCUT2D eigenvalue weighted by molar-refractivity contribution is -0.143. The van der Waals surface area contributed by atoms with Crippen molar-refractivity contribution in [1.82, 2.24) is 5.32 Å². The molecule has 2 aromatic carbocycles. The Labute approximate surface area is 168 Å². The second-order valence-electron chi connectivity index (χ2n) is 6.25. The average molecular weight is 431 g/mol. The summed E-state index contributed by atoms with van der Waals surface area (Å²) in [6, 6.07) is 8.56. The van der Waals surface area contributed by atoms with E-state index in [2.05, 4.69) is 10.1 Å². The highest BCUT2D eigenvalue weighted by atomic mass is 19.4. The smallest absolute Gasteiger partial charge is 0.422 e. The Balaban J connectivity index is 2.01. The fraction of sp³-hybridized carbons (Fsp3) is 0.300. The van der Waals surface area contributed by atoms with Gasteiger partial charge in [-0.15, -0.1) is 0 Å². The molecule has 0 aromatic heterocycles. The largest absolute Gasteiger partial charge is 0.467 e. The first-order valence-corrected chi connectivity index (χ1v) is 8.72. The number of methoxy groups -OCH3 is 1. The Bertz CT molecular complexity index is 864. The molecule has 0 fully saturated rings. The summed E-state index contributed by atoms with van der Waals surface area (Å²) in [5.74, 6) is -4.37. The van der Waals surface area contributed by atoms with Gasteiger partial charge in [0.1, 0.15) is 29.8 Å². The van der Waals surface area contributed by atoms with Crippen molar-refractivity contribution in [2.24, 2.45) is 0 Å². The molecule has 0 aliphatic carbocycles. The van der Waals surface area contributed by atoms with Crippen LogP contribution < -0.4 is 5.32 Å². The van der Waals surface area contributed by atoms with Crippen molar-refractivity contribution >= 4 is 12.1 Å². The summed E-state index contributed by atoms with van der Waals surface area (Å²) in [7, 11) is 1.07.